The van der Waals surface area contributed by atoms with Crippen LogP contribution in [0.15, 0.2) is 123 Å². The minimum atomic E-state index is -0.695. The number of carbonyl (C=O) groups excluding carboxylic acids is 4. The van der Waals surface area contributed by atoms with E-state index >= 15 is 0 Å². The van der Waals surface area contributed by atoms with Crippen LogP contribution < -0.4 is 14.5 Å². The lowest BCUT2D eigenvalue weighted by molar-refractivity contribution is -0.123. The SMILES string of the molecule is CC1=CC(=O)C2=C(C1=O)C(C1=COc3ccc(O)cc3C1)C1=CCC3C(=O)N(c4ccc(N=Nc5ccc(N(C)C)cc5)cc4)C(=O)C3C1C2. The van der Waals surface area contributed by atoms with Gasteiger partial charge in [-0.05, 0) is 104 Å². The molecule has 250 valence electrons. The monoisotopic (exact) mass is 666 g/mol. The van der Waals surface area contributed by atoms with Gasteiger partial charge < -0.3 is 14.7 Å². The Morgan fingerprint density at radius 3 is 2.28 bits per heavy atom. The van der Waals surface area contributed by atoms with E-state index in [2.05, 4.69) is 10.2 Å². The van der Waals surface area contributed by atoms with E-state index < -0.39 is 23.7 Å². The van der Waals surface area contributed by atoms with Gasteiger partial charge in [0.1, 0.15) is 11.5 Å². The van der Waals surface area contributed by atoms with Crippen LogP contribution >= 0.6 is 0 Å². The van der Waals surface area contributed by atoms with Crippen LogP contribution in [-0.4, -0.2) is 42.6 Å². The highest BCUT2D eigenvalue weighted by atomic mass is 16.5. The second kappa shape index (κ2) is 11.9. The van der Waals surface area contributed by atoms with E-state index in [0.717, 1.165) is 22.4 Å². The number of amides is 2. The van der Waals surface area contributed by atoms with Gasteiger partial charge >= 0.3 is 0 Å². The lowest BCUT2D eigenvalue weighted by Gasteiger charge is -2.43. The molecule has 4 unspecified atom stereocenters. The molecule has 5 aliphatic rings. The van der Waals surface area contributed by atoms with Crippen molar-refractivity contribution in [2.45, 2.75) is 26.2 Å². The fourth-order valence-corrected chi connectivity index (χ4v) is 8.03. The van der Waals surface area contributed by atoms with E-state index in [1.807, 2.05) is 49.3 Å². The normalized spacial score (nSPS) is 24.2. The van der Waals surface area contributed by atoms with Gasteiger partial charge in [-0.1, -0.05) is 11.6 Å². The summed E-state index contributed by atoms with van der Waals surface area (Å²) in [5.74, 6) is -2.69. The van der Waals surface area contributed by atoms with Crippen molar-refractivity contribution in [2.24, 2.45) is 33.9 Å². The van der Waals surface area contributed by atoms with Gasteiger partial charge in [-0.2, -0.15) is 10.2 Å². The molecule has 0 aromatic heterocycles. The van der Waals surface area contributed by atoms with Crippen LogP contribution in [0.5, 0.6) is 11.5 Å². The highest BCUT2D eigenvalue weighted by Gasteiger charge is 2.57. The number of ether oxygens (including phenoxy) is 1. The standard InChI is InChI=1S/C40H34N4O6/c1-21-16-33(46)32-19-31-29(35(37(32)38(21)47)23-17-22-18-28(45)12-15-34(22)50-20-23)13-14-30-36(31)40(49)44(39(30)48)27-10-6-25(7-11-27)42-41-24-4-8-26(9-5-24)43(2)3/h4-13,15-16,18,20,30-31,35-36,45H,14,17,19H2,1-3H3. The van der Waals surface area contributed by atoms with Crippen molar-refractivity contribution in [1.29, 1.82) is 0 Å². The first kappa shape index (κ1) is 31.4. The number of anilines is 2. The molecule has 2 heterocycles. The molecule has 1 N–H and O–H groups in total. The van der Waals surface area contributed by atoms with Crippen LogP contribution in [0.2, 0.25) is 0 Å². The Hall–Kier alpha value is -5.90. The zero-order chi connectivity index (χ0) is 34.8. The summed E-state index contributed by atoms with van der Waals surface area (Å²) in [5, 5.41) is 18.8. The van der Waals surface area contributed by atoms with Gasteiger partial charge in [0.05, 0.1) is 35.2 Å². The molecule has 0 bridgehead atoms. The number of phenols is 1. The lowest BCUT2D eigenvalue weighted by atomic mass is 9.58. The average molecular weight is 667 g/mol. The largest absolute Gasteiger partial charge is 0.508 e. The Kier molecular flexibility index (Phi) is 7.47. The van der Waals surface area contributed by atoms with Crippen molar-refractivity contribution in [1.82, 2.24) is 0 Å². The zero-order valence-corrected chi connectivity index (χ0v) is 27.8. The van der Waals surface area contributed by atoms with Crippen molar-refractivity contribution in [3.05, 3.63) is 119 Å². The second-order valence-electron chi connectivity index (χ2n) is 13.6. The van der Waals surface area contributed by atoms with E-state index in [9.17, 15) is 24.3 Å². The molecule has 10 nitrogen and oxygen atoms in total. The molecule has 50 heavy (non-hydrogen) atoms. The quantitative estimate of drug-likeness (QED) is 0.136. The molecule has 4 atom stereocenters. The van der Waals surface area contributed by atoms with Crippen molar-refractivity contribution < 1.29 is 29.0 Å². The van der Waals surface area contributed by atoms with Crippen molar-refractivity contribution in [3.8, 4) is 11.5 Å². The summed E-state index contributed by atoms with van der Waals surface area (Å²) in [6.07, 6.45) is 5.91. The summed E-state index contributed by atoms with van der Waals surface area (Å²) < 4.78 is 5.98. The van der Waals surface area contributed by atoms with Crippen molar-refractivity contribution in [3.63, 3.8) is 0 Å². The third kappa shape index (κ3) is 5.10. The molecule has 3 aromatic rings. The molecule has 2 aliphatic heterocycles. The van der Waals surface area contributed by atoms with E-state index in [4.69, 9.17) is 4.74 Å². The molecule has 10 heteroatoms. The maximum Gasteiger partial charge on any atom is 0.238 e. The maximum absolute atomic E-state index is 14.3. The number of benzene rings is 3. The predicted octanol–water partition coefficient (Wildman–Crippen LogP) is 6.86. The Balaban J connectivity index is 1.09. The number of imide groups is 1. The van der Waals surface area contributed by atoms with Crippen LogP contribution in [0.1, 0.15) is 25.3 Å². The molecule has 3 aromatic carbocycles. The van der Waals surface area contributed by atoms with Gasteiger partial charge in [-0.25, -0.2) is 0 Å². The molecular formula is C40H34N4O6. The smallest absolute Gasteiger partial charge is 0.238 e. The number of ketones is 2. The number of fused-ring (bicyclic) bond motifs is 4. The van der Waals surface area contributed by atoms with Gasteiger partial charge in [0.15, 0.2) is 11.6 Å². The van der Waals surface area contributed by atoms with Crippen LogP contribution in [-0.2, 0) is 25.6 Å². The Morgan fingerprint density at radius 2 is 1.58 bits per heavy atom. The molecule has 0 spiro atoms. The van der Waals surface area contributed by atoms with Crippen molar-refractivity contribution in [2.75, 3.05) is 23.9 Å². The number of carbonyl (C=O) groups is 4. The van der Waals surface area contributed by atoms with E-state index in [1.54, 1.807) is 55.7 Å². The molecule has 2 amide bonds. The third-order valence-corrected chi connectivity index (χ3v) is 10.5. The third-order valence-electron chi connectivity index (χ3n) is 10.5. The zero-order valence-electron chi connectivity index (χ0n) is 27.8. The Bertz CT molecular complexity index is 2160. The number of hydrogen-bond acceptors (Lipinski definition) is 9. The first-order chi connectivity index (χ1) is 24.1. The fourth-order valence-electron chi connectivity index (χ4n) is 8.03. The van der Waals surface area contributed by atoms with Crippen molar-refractivity contribution >= 4 is 46.1 Å². The van der Waals surface area contributed by atoms with E-state index in [1.165, 1.54) is 11.0 Å². The molecule has 8 rings (SSSR count). The molecule has 3 aliphatic carbocycles. The number of allylic oxidation sites excluding steroid dienone is 7. The highest BCUT2D eigenvalue weighted by Crippen LogP contribution is 2.55. The number of phenolic OH excluding ortho intramolecular Hbond substituents is 1. The summed E-state index contributed by atoms with van der Waals surface area (Å²) in [6, 6.07) is 19.4. The summed E-state index contributed by atoms with van der Waals surface area (Å²) >= 11 is 0. The molecule has 0 saturated carbocycles. The predicted molar refractivity (Wildman–Crippen MR) is 186 cm³/mol. The minimum Gasteiger partial charge on any atom is -0.508 e. The number of aromatic hydroxyl groups is 1. The van der Waals surface area contributed by atoms with E-state index in [-0.39, 0.29) is 35.6 Å². The average Bonchev–Trinajstić information content (AvgIpc) is 3.37. The molecule has 0 radical (unpaired) electrons. The van der Waals surface area contributed by atoms with Crippen LogP contribution in [0, 0.1) is 23.7 Å². The lowest BCUT2D eigenvalue weighted by Crippen LogP contribution is -2.41. The first-order valence-electron chi connectivity index (χ1n) is 16.6. The van der Waals surface area contributed by atoms with Gasteiger partial charge in [0.2, 0.25) is 11.8 Å². The molecular weight excluding hydrogens is 632 g/mol. The number of rotatable bonds is 5. The number of azo groups is 1. The van der Waals surface area contributed by atoms with Gasteiger partial charge in [0.25, 0.3) is 0 Å². The topological polar surface area (TPSA) is 129 Å². The summed E-state index contributed by atoms with van der Waals surface area (Å²) in [7, 11) is 3.93. The van der Waals surface area contributed by atoms with Crippen LogP contribution in [0.25, 0.3) is 0 Å². The summed E-state index contributed by atoms with van der Waals surface area (Å²) in [4.78, 5) is 58.7. The number of nitrogens with zero attached hydrogens (tertiary/aromatic N) is 4. The first-order valence-corrected chi connectivity index (χ1v) is 16.6. The highest BCUT2D eigenvalue weighted by molar-refractivity contribution is 6.25. The van der Waals surface area contributed by atoms with Gasteiger partial charge in [-0.15, -0.1) is 0 Å². The number of Topliss-reactive ketones (excluding diaryl/α,β-unsaturated/α-hetero) is 1. The van der Waals surface area contributed by atoms with E-state index in [0.29, 0.717) is 52.4 Å². The summed E-state index contributed by atoms with van der Waals surface area (Å²) in [5.41, 5.74) is 6.31. The fraction of sp³-hybridized carbons (Fsp3) is 0.250. The Morgan fingerprint density at radius 1 is 0.880 bits per heavy atom. The van der Waals surface area contributed by atoms with Crippen LogP contribution in [0.4, 0.5) is 22.7 Å². The second-order valence-corrected chi connectivity index (χ2v) is 13.6. The van der Waals surface area contributed by atoms with Gasteiger partial charge in [-0.3, -0.25) is 24.1 Å². The molecule has 1 saturated heterocycles. The Labute approximate surface area is 288 Å². The number of hydrogen-bond donors (Lipinski definition) is 1. The minimum absolute atomic E-state index is 0.0959. The van der Waals surface area contributed by atoms with Gasteiger partial charge in [0, 0.05) is 54.4 Å². The molecule has 1 fully saturated rings. The maximum atomic E-state index is 14.3. The summed E-state index contributed by atoms with van der Waals surface area (Å²) in [6.45, 7) is 1.64. The van der Waals surface area contributed by atoms with Crippen LogP contribution in [0.3, 0.4) is 0 Å².